The Morgan fingerprint density at radius 2 is 2.27 bits per heavy atom. The van der Waals surface area contributed by atoms with Crippen LogP contribution in [-0.4, -0.2) is 20.6 Å². The molecule has 0 aliphatic heterocycles. The molecule has 3 rings (SSSR count). The summed E-state index contributed by atoms with van der Waals surface area (Å²) in [5.74, 6) is 0.974. The van der Waals surface area contributed by atoms with Crippen molar-refractivity contribution >= 4 is 11.7 Å². The minimum atomic E-state index is -0.400. The highest BCUT2D eigenvalue weighted by molar-refractivity contribution is 5.89. The molecule has 0 bridgehead atoms. The molecule has 3 heterocycles. The summed E-state index contributed by atoms with van der Waals surface area (Å²) in [6, 6.07) is 6.30. The van der Waals surface area contributed by atoms with Gasteiger partial charge in [-0.3, -0.25) is 14.2 Å². The maximum Gasteiger partial charge on any atom is 0.254 e. The Labute approximate surface area is 124 Å². The summed E-state index contributed by atoms with van der Waals surface area (Å²) in [7, 11) is 0. The van der Waals surface area contributed by atoms with E-state index in [-0.39, 0.29) is 12.1 Å². The molecule has 22 heavy (non-hydrogen) atoms. The first-order valence-electron chi connectivity index (χ1n) is 6.45. The van der Waals surface area contributed by atoms with E-state index in [1.165, 1.54) is 23.2 Å². The second-order valence-corrected chi connectivity index (χ2v) is 4.59. The number of aryl methyl sites for hydroxylation is 1. The second kappa shape index (κ2) is 5.68. The molecule has 0 aliphatic rings. The van der Waals surface area contributed by atoms with Gasteiger partial charge in [-0.05, 0) is 19.1 Å². The lowest BCUT2D eigenvalue weighted by molar-refractivity contribution is -0.116. The lowest BCUT2D eigenvalue weighted by atomic mass is 10.3. The van der Waals surface area contributed by atoms with Crippen molar-refractivity contribution in [1.82, 2.24) is 14.7 Å². The van der Waals surface area contributed by atoms with E-state index < -0.39 is 5.91 Å². The highest BCUT2D eigenvalue weighted by Gasteiger charge is 2.10. The Morgan fingerprint density at radius 3 is 2.91 bits per heavy atom. The minimum Gasteiger partial charge on any atom is -0.463 e. The molecule has 0 atom stereocenters. The van der Waals surface area contributed by atoms with Gasteiger partial charge in [0.25, 0.3) is 5.56 Å². The molecule has 0 saturated carbocycles. The van der Waals surface area contributed by atoms with Crippen molar-refractivity contribution in [3.05, 3.63) is 53.0 Å². The third-order valence-corrected chi connectivity index (χ3v) is 2.86. The van der Waals surface area contributed by atoms with Gasteiger partial charge in [-0.2, -0.15) is 0 Å². The standard InChI is InChI=1S/C14H12N4O4/c1-9-5-12(17-22-9)16-13(19)7-18-8-15-10(6-14(18)20)11-3-2-4-21-11/h2-6,8H,7H2,1H3,(H,16,17,19). The number of carbonyl (C=O) groups is 1. The lowest BCUT2D eigenvalue weighted by Gasteiger charge is -2.05. The van der Waals surface area contributed by atoms with Crippen LogP contribution in [0, 0.1) is 6.92 Å². The van der Waals surface area contributed by atoms with Gasteiger partial charge < -0.3 is 14.3 Å². The molecule has 0 unspecified atom stereocenters. The fraction of sp³-hybridized carbons (Fsp3) is 0.143. The second-order valence-electron chi connectivity index (χ2n) is 4.59. The van der Waals surface area contributed by atoms with E-state index in [1.54, 1.807) is 25.1 Å². The Bertz CT molecular complexity index is 848. The molecule has 112 valence electrons. The van der Waals surface area contributed by atoms with Crippen molar-refractivity contribution in [3.63, 3.8) is 0 Å². The van der Waals surface area contributed by atoms with Crippen molar-refractivity contribution in [2.24, 2.45) is 0 Å². The molecule has 0 radical (unpaired) electrons. The molecule has 8 nitrogen and oxygen atoms in total. The topological polar surface area (TPSA) is 103 Å². The molecule has 8 heteroatoms. The highest BCUT2D eigenvalue weighted by atomic mass is 16.5. The number of furan rings is 1. The van der Waals surface area contributed by atoms with E-state index in [9.17, 15) is 9.59 Å². The van der Waals surface area contributed by atoms with Gasteiger partial charge in [-0.15, -0.1) is 0 Å². The van der Waals surface area contributed by atoms with Gasteiger partial charge in [0.1, 0.15) is 18.0 Å². The quantitative estimate of drug-likeness (QED) is 0.782. The predicted octanol–water partition coefficient (Wildman–Crippen LogP) is 1.44. The van der Waals surface area contributed by atoms with E-state index in [0.717, 1.165) is 0 Å². The zero-order chi connectivity index (χ0) is 15.5. The van der Waals surface area contributed by atoms with Crippen LogP contribution in [0.3, 0.4) is 0 Å². The average Bonchev–Trinajstić information content (AvgIpc) is 3.13. The van der Waals surface area contributed by atoms with E-state index in [2.05, 4.69) is 15.5 Å². The monoisotopic (exact) mass is 300 g/mol. The zero-order valence-electron chi connectivity index (χ0n) is 11.6. The van der Waals surface area contributed by atoms with Crippen LogP contribution in [0.1, 0.15) is 5.76 Å². The average molecular weight is 300 g/mol. The SMILES string of the molecule is Cc1cc(NC(=O)Cn2cnc(-c3ccco3)cc2=O)no1. The largest absolute Gasteiger partial charge is 0.463 e. The molecule has 0 spiro atoms. The lowest BCUT2D eigenvalue weighted by Crippen LogP contribution is -2.27. The Morgan fingerprint density at radius 1 is 1.41 bits per heavy atom. The number of rotatable bonds is 4. The summed E-state index contributed by atoms with van der Waals surface area (Å²) in [6.07, 6.45) is 2.80. The summed E-state index contributed by atoms with van der Waals surface area (Å²) < 4.78 is 11.2. The van der Waals surface area contributed by atoms with Crippen LogP contribution in [0.25, 0.3) is 11.5 Å². The zero-order valence-corrected chi connectivity index (χ0v) is 11.6. The fourth-order valence-electron chi connectivity index (χ4n) is 1.87. The van der Waals surface area contributed by atoms with Crippen molar-refractivity contribution in [1.29, 1.82) is 0 Å². The maximum absolute atomic E-state index is 12.0. The van der Waals surface area contributed by atoms with E-state index >= 15 is 0 Å². The predicted molar refractivity (Wildman–Crippen MR) is 76.1 cm³/mol. The molecule has 0 aliphatic carbocycles. The molecule has 1 amide bonds. The van der Waals surface area contributed by atoms with Crippen LogP contribution in [0.2, 0.25) is 0 Å². The first-order chi connectivity index (χ1) is 10.6. The van der Waals surface area contributed by atoms with Crippen LogP contribution in [0.4, 0.5) is 5.82 Å². The fourth-order valence-corrected chi connectivity index (χ4v) is 1.87. The van der Waals surface area contributed by atoms with Crippen LogP contribution in [0.5, 0.6) is 0 Å². The first kappa shape index (κ1) is 13.8. The summed E-state index contributed by atoms with van der Waals surface area (Å²) in [6.45, 7) is 1.54. The van der Waals surface area contributed by atoms with Crippen LogP contribution >= 0.6 is 0 Å². The number of nitrogens with zero attached hydrogens (tertiary/aromatic N) is 3. The van der Waals surface area contributed by atoms with Gasteiger partial charge in [0.05, 0.1) is 12.6 Å². The Hall–Kier alpha value is -3.16. The Kier molecular flexibility index (Phi) is 3.57. The number of carbonyl (C=O) groups excluding carboxylic acids is 1. The minimum absolute atomic E-state index is 0.170. The number of hydrogen-bond donors (Lipinski definition) is 1. The smallest absolute Gasteiger partial charge is 0.254 e. The van der Waals surface area contributed by atoms with Crippen LogP contribution in [-0.2, 0) is 11.3 Å². The van der Waals surface area contributed by atoms with E-state index in [0.29, 0.717) is 23.0 Å². The van der Waals surface area contributed by atoms with Gasteiger partial charge >= 0.3 is 0 Å². The number of nitrogens with one attached hydrogen (secondary N) is 1. The highest BCUT2D eigenvalue weighted by Crippen LogP contribution is 2.14. The van der Waals surface area contributed by atoms with E-state index in [1.807, 2.05) is 0 Å². The maximum atomic E-state index is 12.0. The first-order valence-corrected chi connectivity index (χ1v) is 6.45. The van der Waals surface area contributed by atoms with Crippen LogP contribution < -0.4 is 10.9 Å². The number of amides is 1. The van der Waals surface area contributed by atoms with Crippen molar-refractivity contribution in [2.75, 3.05) is 5.32 Å². The van der Waals surface area contributed by atoms with E-state index in [4.69, 9.17) is 8.94 Å². The molecule has 1 N–H and O–H groups in total. The van der Waals surface area contributed by atoms with Gasteiger partial charge in [0, 0.05) is 12.1 Å². The summed E-state index contributed by atoms with van der Waals surface area (Å²) in [4.78, 5) is 28.0. The molecule has 3 aromatic rings. The van der Waals surface area contributed by atoms with Crippen molar-refractivity contribution in [3.8, 4) is 11.5 Å². The molecular weight excluding hydrogens is 288 g/mol. The van der Waals surface area contributed by atoms with Crippen LogP contribution in [0.15, 0.2) is 50.6 Å². The van der Waals surface area contributed by atoms with Gasteiger partial charge in [0.15, 0.2) is 11.6 Å². The Balaban J connectivity index is 1.72. The van der Waals surface area contributed by atoms with Gasteiger partial charge in [-0.25, -0.2) is 4.98 Å². The molecular formula is C14H12N4O4. The van der Waals surface area contributed by atoms with Crippen molar-refractivity contribution < 1.29 is 13.7 Å². The number of hydrogen-bond acceptors (Lipinski definition) is 6. The normalized spacial score (nSPS) is 10.6. The number of aromatic nitrogens is 3. The molecule has 0 aromatic carbocycles. The molecule has 0 fully saturated rings. The third-order valence-electron chi connectivity index (χ3n) is 2.86. The van der Waals surface area contributed by atoms with Crippen molar-refractivity contribution in [2.45, 2.75) is 13.5 Å². The molecule has 3 aromatic heterocycles. The van der Waals surface area contributed by atoms with Gasteiger partial charge in [-0.1, -0.05) is 5.16 Å². The van der Waals surface area contributed by atoms with Gasteiger partial charge in [0.2, 0.25) is 5.91 Å². The molecule has 0 saturated heterocycles. The number of anilines is 1. The summed E-state index contributed by atoms with van der Waals surface area (Å²) in [5, 5.41) is 6.18. The summed E-state index contributed by atoms with van der Waals surface area (Å²) >= 11 is 0. The third kappa shape index (κ3) is 2.95. The summed E-state index contributed by atoms with van der Waals surface area (Å²) in [5.41, 5.74) is 0.0617.